The molecule has 20 nitrogen and oxygen atoms in total. The molecular formula is C25H31FN10O10P2S. The average Bonchev–Trinajstić information content (AvgIpc) is 3.74. The van der Waals surface area contributed by atoms with Crippen LogP contribution in [0.15, 0.2) is 23.6 Å². The molecule has 4 aromatic heterocycles. The molecule has 1 fully saturated rings. The van der Waals surface area contributed by atoms with Gasteiger partial charge in [0.25, 0.3) is 5.56 Å². The second kappa shape index (κ2) is 15.9. The fraction of sp³-hybridized carbons (Fsp3) is 0.520. The van der Waals surface area contributed by atoms with Crippen LogP contribution in [-0.4, -0.2) is 93.1 Å². The third-order valence-electron chi connectivity index (χ3n) is 7.03. The molecule has 0 bridgehead atoms. The number of halogens is 1. The lowest BCUT2D eigenvalue weighted by molar-refractivity contribution is -0.118. The SMILES string of the molecule is CC(C)C(=O)Nc1nc2c(ncn2[C@@H]2O[C@H](COP(=S)(OCCC#N)OCCn3c(CO)nc4cncnc43)[C@@H](F)[C@H]2O[PH](=O)O)c(=O)[nH]1. The van der Waals surface area contributed by atoms with Gasteiger partial charge >= 0.3 is 15.0 Å². The number of fused-ring (bicyclic) bond motifs is 2. The summed E-state index contributed by atoms with van der Waals surface area (Å²) >= 11 is 5.54. The van der Waals surface area contributed by atoms with Gasteiger partial charge in [0.15, 0.2) is 29.2 Å². The highest BCUT2D eigenvalue weighted by molar-refractivity contribution is 8.07. The number of nitriles is 1. The van der Waals surface area contributed by atoms with Crippen LogP contribution in [-0.2, 0) is 57.1 Å². The molecule has 4 N–H and O–H groups in total. The zero-order chi connectivity index (χ0) is 35.3. The summed E-state index contributed by atoms with van der Waals surface area (Å²) < 4.78 is 58.5. The van der Waals surface area contributed by atoms with E-state index in [1.54, 1.807) is 18.4 Å². The molecule has 1 aliphatic heterocycles. The number of carbonyl (C=O) groups is 1. The van der Waals surface area contributed by atoms with Gasteiger partial charge in [-0.25, -0.2) is 24.3 Å². The van der Waals surface area contributed by atoms with Gasteiger partial charge in [-0.15, -0.1) is 0 Å². The van der Waals surface area contributed by atoms with Crippen LogP contribution in [0, 0.1) is 17.2 Å². The number of hydrogen-bond acceptors (Lipinski definition) is 16. The van der Waals surface area contributed by atoms with Gasteiger partial charge in [-0.3, -0.25) is 33.5 Å². The van der Waals surface area contributed by atoms with E-state index in [1.807, 2.05) is 6.07 Å². The number of imidazole rings is 2. The van der Waals surface area contributed by atoms with Crippen molar-refractivity contribution >= 4 is 61.0 Å². The number of ether oxygens (including phenoxy) is 1. The number of carbonyl (C=O) groups excluding carboxylic acids is 1. The van der Waals surface area contributed by atoms with Gasteiger partial charge in [-0.1, -0.05) is 13.8 Å². The summed E-state index contributed by atoms with van der Waals surface area (Å²) in [5, 5.41) is 21.2. The van der Waals surface area contributed by atoms with Crippen molar-refractivity contribution in [3.63, 3.8) is 0 Å². The van der Waals surface area contributed by atoms with Gasteiger partial charge in [-0.05, 0) is 11.8 Å². The van der Waals surface area contributed by atoms with E-state index in [9.17, 15) is 24.2 Å². The molecule has 5 heterocycles. The number of aromatic amines is 1. The largest absolute Gasteiger partial charge is 0.388 e. The Morgan fingerprint density at radius 2 is 2.06 bits per heavy atom. The summed E-state index contributed by atoms with van der Waals surface area (Å²) in [4.78, 5) is 57.5. The summed E-state index contributed by atoms with van der Waals surface area (Å²) in [5.41, 5.74) is -0.174. The van der Waals surface area contributed by atoms with E-state index in [0.717, 1.165) is 10.9 Å². The molecule has 4 aromatic rings. The van der Waals surface area contributed by atoms with Gasteiger partial charge in [-0.2, -0.15) is 10.2 Å². The first-order chi connectivity index (χ1) is 23.4. The molecular weight excluding hydrogens is 713 g/mol. The highest BCUT2D eigenvalue weighted by atomic mass is 32.5. The fourth-order valence-electron chi connectivity index (χ4n) is 4.73. The van der Waals surface area contributed by atoms with E-state index < -0.39 is 70.2 Å². The quantitative estimate of drug-likeness (QED) is 0.0928. The number of hydrogen-bond donors (Lipinski definition) is 4. The molecule has 6 atom stereocenters. The number of aliphatic hydroxyl groups is 1. The Kier molecular flexibility index (Phi) is 11.9. The number of nitrogens with one attached hydrogen (secondary N) is 2. The van der Waals surface area contributed by atoms with Crippen LogP contribution in [0.2, 0.25) is 0 Å². The maximum Gasteiger partial charge on any atom is 0.327 e. The van der Waals surface area contributed by atoms with Gasteiger partial charge in [0, 0.05) is 12.5 Å². The van der Waals surface area contributed by atoms with Gasteiger partial charge in [0.2, 0.25) is 11.9 Å². The number of aliphatic hydroxyl groups excluding tert-OH is 1. The van der Waals surface area contributed by atoms with E-state index in [2.05, 4.69) is 35.2 Å². The lowest BCUT2D eigenvalue weighted by Gasteiger charge is -2.24. The first kappa shape index (κ1) is 36.7. The van der Waals surface area contributed by atoms with Crippen molar-refractivity contribution in [3.8, 4) is 6.07 Å². The maximum atomic E-state index is 15.9. The number of amides is 1. The van der Waals surface area contributed by atoms with Crippen LogP contribution >= 0.6 is 15.0 Å². The summed E-state index contributed by atoms with van der Waals surface area (Å²) in [6.07, 6.45) is -2.90. The minimum Gasteiger partial charge on any atom is -0.388 e. The van der Waals surface area contributed by atoms with E-state index in [1.165, 1.54) is 12.5 Å². The number of rotatable bonds is 16. The van der Waals surface area contributed by atoms with Crippen molar-refractivity contribution in [2.45, 2.75) is 58.0 Å². The molecule has 5 rings (SSSR count). The predicted molar refractivity (Wildman–Crippen MR) is 170 cm³/mol. The fourth-order valence-corrected chi connectivity index (χ4v) is 7.01. The molecule has 0 spiro atoms. The molecule has 1 aliphatic rings. The standard InChI is InChI=1S/C25H31FN10O10P2S/c1-13(2)22(38)33-25-32-21-18(23(39)34-25)30-12-36(21)24-19(46-47(40)41)17(26)15(45-24)10-44-48(49,42-6-3-4-27)43-7-5-35-16(9-37)31-14-8-28-11-29-20(14)35/h8,11-13,15,17,19,24,37,47H,3,5-7,9-10H2,1-2H3,(H,40,41)(H2,32,33,34,38,39)/t15-,17-,19-,24-,48?/m1/s1. The average molecular weight is 745 g/mol. The van der Waals surface area contributed by atoms with Gasteiger partial charge in [0.1, 0.15) is 36.5 Å². The van der Waals surface area contributed by atoms with E-state index in [0.29, 0.717) is 11.2 Å². The van der Waals surface area contributed by atoms with Crippen LogP contribution in [0.5, 0.6) is 0 Å². The molecule has 1 saturated heterocycles. The number of aromatic nitrogens is 8. The molecule has 2 unspecified atom stereocenters. The summed E-state index contributed by atoms with van der Waals surface area (Å²) in [5.74, 6) is -0.808. The zero-order valence-corrected chi connectivity index (χ0v) is 28.5. The molecule has 264 valence electrons. The van der Waals surface area contributed by atoms with Crippen molar-refractivity contribution in [3.05, 3.63) is 35.0 Å². The Bertz CT molecular complexity index is 1990. The molecule has 24 heteroatoms. The van der Waals surface area contributed by atoms with Crippen molar-refractivity contribution in [2.75, 3.05) is 25.1 Å². The Hall–Kier alpha value is -3.61. The van der Waals surface area contributed by atoms with Gasteiger partial charge < -0.3 is 32.9 Å². The topological polar surface area (TPSA) is 264 Å². The molecule has 1 amide bonds. The second-order valence-corrected chi connectivity index (χ2v) is 14.4. The Morgan fingerprint density at radius 1 is 1.29 bits per heavy atom. The Morgan fingerprint density at radius 3 is 2.78 bits per heavy atom. The Balaban J connectivity index is 1.35. The minimum absolute atomic E-state index is 0.0588. The van der Waals surface area contributed by atoms with Crippen LogP contribution in [0.25, 0.3) is 22.3 Å². The summed E-state index contributed by atoms with van der Waals surface area (Å²) in [6, 6.07) is 1.91. The number of anilines is 1. The van der Waals surface area contributed by atoms with Crippen LogP contribution in [0.1, 0.15) is 32.3 Å². The van der Waals surface area contributed by atoms with Crippen LogP contribution in [0.3, 0.4) is 0 Å². The third-order valence-corrected chi connectivity index (χ3v) is 9.91. The van der Waals surface area contributed by atoms with E-state index in [4.69, 9.17) is 39.9 Å². The summed E-state index contributed by atoms with van der Waals surface area (Å²) in [7, 11) is -3.72. The third kappa shape index (κ3) is 8.41. The second-order valence-electron chi connectivity index (χ2n) is 10.6. The lowest BCUT2D eigenvalue weighted by Crippen LogP contribution is -2.31. The normalized spacial score (nSPS) is 21.2. The molecule has 0 aliphatic carbocycles. The monoisotopic (exact) mass is 744 g/mol. The van der Waals surface area contributed by atoms with Crippen molar-refractivity contribution < 1.29 is 46.6 Å². The van der Waals surface area contributed by atoms with E-state index in [-0.39, 0.29) is 49.1 Å². The molecule has 0 radical (unpaired) electrons. The summed E-state index contributed by atoms with van der Waals surface area (Å²) in [6.45, 7) is -1.61. The van der Waals surface area contributed by atoms with Crippen molar-refractivity contribution in [2.24, 2.45) is 5.92 Å². The van der Waals surface area contributed by atoms with Crippen LogP contribution < -0.4 is 10.9 Å². The van der Waals surface area contributed by atoms with Gasteiger partial charge in [0.05, 0.1) is 44.8 Å². The predicted octanol–water partition coefficient (Wildman–Crippen LogP) is 1.24. The first-order valence-corrected chi connectivity index (χ1v) is 18.4. The lowest BCUT2D eigenvalue weighted by atomic mass is 10.1. The minimum atomic E-state index is -3.72. The highest BCUT2D eigenvalue weighted by Gasteiger charge is 2.49. The zero-order valence-electron chi connectivity index (χ0n) is 25.8. The highest BCUT2D eigenvalue weighted by Crippen LogP contribution is 2.51. The maximum absolute atomic E-state index is 15.9. The van der Waals surface area contributed by atoms with E-state index >= 15 is 4.39 Å². The Labute approximate surface area is 281 Å². The molecule has 0 saturated carbocycles. The van der Waals surface area contributed by atoms with Crippen molar-refractivity contribution in [1.82, 2.24) is 39.0 Å². The number of alkyl halides is 1. The van der Waals surface area contributed by atoms with Crippen molar-refractivity contribution in [1.29, 1.82) is 5.26 Å². The molecule has 0 aromatic carbocycles. The first-order valence-electron chi connectivity index (χ1n) is 14.6. The number of H-pyrrole nitrogens is 1. The smallest absolute Gasteiger partial charge is 0.327 e. The van der Waals surface area contributed by atoms with Crippen LogP contribution in [0.4, 0.5) is 10.3 Å². The molecule has 49 heavy (non-hydrogen) atoms. The number of nitrogens with zero attached hydrogens (tertiary/aromatic N) is 8.